The van der Waals surface area contributed by atoms with Gasteiger partial charge in [0.15, 0.2) is 6.61 Å². The SMILES string of the molecule is CN(C)C(=O)COc1ccc(NC(=O)c2ccc(NS(=O)(=O)c3cccs3)cc2)cc1. The van der Waals surface area contributed by atoms with Crippen molar-refractivity contribution in [3.05, 3.63) is 71.6 Å². The van der Waals surface area contributed by atoms with Crippen LogP contribution in [0.25, 0.3) is 0 Å². The minimum atomic E-state index is -3.64. The normalized spacial score (nSPS) is 10.9. The molecule has 3 aromatic rings. The van der Waals surface area contributed by atoms with Crippen molar-refractivity contribution in [3.63, 3.8) is 0 Å². The van der Waals surface area contributed by atoms with E-state index in [4.69, 9.17) is 4.74 Å². The average Bonchev–Trinajstić information content (AvgIpc) is 3.29. The van der Waals surface area contributed by atoms with E-state index >= 15 is 0 Å². The highest BCUT2D eigenvalue weighted by molar-refractivity contribution is 7.94. The van der Waals surface area contributed by atoms with E-state index in [-0.39, 0.29) is 22.6 Å². The predicted octanol–water partition coefficient (Wildman–Crippen LogP) is 3.27. The molecule has 31 heavy (non-hydrogen) atoms. The van der Waals surface area contributed by atoms with Gasteiger partial charge in [-0.05, 0) is 60.0 Å². The minimum absolute atomic E-state index is 0.0682. The molecule has 10 heteroatoms. The third-order valence-corrected chi connectivity index (χ3v) is 6.91. The van der Waals surface area contributed by atoms with Crippen LogP contribution in [-0.2, 0) is 14.8 Å². The maximum atomic E-state index is 12.4. The van der Waals surface area contributed by atoms with Gasteiger partial charge in [0.05, 0.1) is 0 Å². The number of anilines is 2. The van der Waals surface area contributed by atoms with Crippen molar-refractivity contribution in [1.82, 2.24) is 4.90 Å². The van der Waals surface area contributed by atoms with Gasteiger partial charge >= 0.3 is 0 Å². The third-order valence-electron chi connectivity index (χ3n) is 4.13. The van der Waals surface area contributed by atoms with Crippen molar-refractivity contribution in [2.75, 3.05) is 30.7 Å². The highest BCUT2D eigenvalue weighted by Gasteiger charge is 2.15. The highest BCUT2D eigenvalue weighted by Crippen LogP contribution is 2.21. The topological polar surface area (TPSA) is 105 Å². The molecule has 1 heterocycles. The van der Waals surface area contributed by atoms with Crippen molar-refractivity contribution in [2.24, 2.45) is 0 Å². The molecule has 0 aliphatic heterocycles. The molecule has 3 rings (SSSR count). The molecule has 0 saturated carbocycles. The number of nitrogens with one attached hydrogen (secondary N) is 2. The smallest absolute Gasteiger partial charge is 0.271 e. The molecule has 0 atom stereocenters. The highest BCUT2D eigenvalue weighted by atomic mass is 32.2. The minimum Gasteiger partial charge on any atom is -0.484 e. The maximum absolute atomic E-state index is 12.4. The summed E-state index contributed by atoms with van der Waals surface area (Å²) in [7, 11) is -0.342. The third kappa shape index (κ3) is 6.06. The molecule has 8 nitrogen and oxygen atoms in total. The van der Waals surface area contributed by atoms with E-state index < -0.39 is 10.0 Å². The maximum Gasteiger partial charge on any atom is 0.271 e. The molecule has 0 fully saturated rings. The molecule has 0 aliphatic rings. The van der Waals surface area contributed by atoms with E-state index in [2.05, 4.69) is 10.0 Å². The fourth-order valence-corrected chi connectivity index (χ4v) is 4.47. The first-order chi connectivity index (χ1) is 14.7. The van der Waals surface area contributed by atoms with E-state index in [1.807, 2.05) is 0 Å². The van der Waals surface area contributed by atoms with Crippen molar-refractivity contribution < 1.29 is 22.7 Å². The molecule has 0 saturated heterocycles. The van der Waals surface area contributed by atoms with Gasteiger partial charge in [0.25, 0.3) is 21.8 Å². The van der Waals surface area contributed by atoms with Crippen LogP contribution in [0.2, 0.25) is 0 Å². The Labute approximate surface area is 184 Å². The molecule has 2 amide bonds. The summed E-state index contributed by atoms with van der Waals surface area (Å²) in [6, 6.07) is 15.9. The number of rotatable bonds is 8. The molecule has 0 spiro atoms. The van der Waals surface area contributed by atoms with Gasteiger partial charge in [-0.25, -0.2) is 8.42 Å². The summed E-state index contributed by atoms with van der Waals surface area (Å²) in [4.78, 5) is 25.4. The lowest BCUT2D eigenvalue weighted by Gasteiger charge is -2.12. The van der Waals surface area contributed by atoms with Gasteiger partial charge in [-0.1, -0.05) is 6.07 Å². The van der Waals surface area contributed by atoms with E-state index in [0.29, 0.717) is 22.7 Å². The summed E-state index contributed by atoms with van der Waals surface area (Å²) in [6.45, 7) is -0.0682. The fourth-order valence-electron chi connectivity index (χ4n) is 2.42. The summed E-state index contributed by atoms with van der Waals surface area (Å²) in [5.41, 5.74) is 1.29. The van der Waals surface area contributed by atoms with E-state index in [0.717, 1.165) is 11.3 Å². The summed E-state index contributed by atoms with van der Waals surface area (Å²) in [6.07, 6.45) is 0. The second kappa shape index (κ2) is 9.63. The van der Waals surface area contributed by atoms with Crippen LogP contribution in [0.1, 0.15) is 10.4 Å². The summed E-state index contributed by atoms with van der Waals surface area (Å²) in [5.74, 6) is 0.0122. The Morgan fingerprint density at radius 1 is 0.968 bits per heavy atom. The van der Waals surface area contributed by atoms with Gasteiger partial charge in [-0.2, -0.15) is 0 Å². The standard InChI is InChI=1S/C21H21N3O5S2/c1-24(2)19(25)14-29-18-11-9-16(10-12-18)22-21(26)15-5-7-17(8-6-15)23-31(27,28)20-4-3-13-30-20/h3-13,23H,14H2,1-2H3,(H,22,26). The number of carbonyl (C=O) groups is 2. The van der Waals surface area contributed by atoms with Crippen molar-refractivity contribution in [3.8, 4) is 5.75 Å². The van der Waals surface area contributed by atoms with Gasteiger partial charge in [-0.3, -0.25) is 14.3 Å². The van der Waals surface area contributed by atoms with Crippen molar-refractivity contribution in [1.29, 1.82) is 0 Å². The van der Waals surface area contributed by atoms with Gasteiger partial charge < -0.3 is 15.0 Å². The van der Waals surface area contributed by atoms with Crippen LogP contribution in [0.15, 0.2) is 70.3 Å². The predicted molar refractivity (Wildman–Crippen MR) is 120 cm³/mol. The zero-order chi connectivity index (χ0) is 22.4. The Kier molecular flexibility index (Phi) is 6.93. The van der Waals surface area contributed by atoms with Crippen LogP contribution in [-0.4, -0.2) is 45.8 Å². The Balaban J connectivity index is 1.57. The molecule has 162 valence electrons. The fraction of sp³-hybridized carbons (Fsp3) is 0.143. The molecular formula is C21H21N3O5S2. The number of sulfonamides is 1. The largest absolute Gasteiger partial charge is 0.484 e. The monoisotopic (exact) mass is 459 g/mol. The Morgan fingerprint density at radius 2 is 1.61 bits per heavy atom. The summed E-state index contributed by atoms with van der Waals surface area (Å²) in [5, 5.41) is 4.44. The Hall–Kier alpha value is -3.37. The van der Waals surface area contributed by atoms with Crippen LogP contribution in [0, 0.1) is 0 Å². The van der Waals surface area contributed by atoms with Gasteiger partial charge in [0.1, 0.15) is 9.96 Å². The second-order valence-electron chi connectivity index (χ2n) is 6.67. The van der Waals surface area contributed by atoms with Crippen molar-refractivity contribution in [2.45, 2.75) is 4.21 Å². The second-order valence-corrected chi connectivity index (χ2v) is 9.53. The lowest BCUT2D eigenvalue weighted by atomic mass is 10.2. The number of nitrogens with zero attached hydrogens (tertiary/aromatic N) is 1. The lowest BCUT2D eigenvalue weighted by molar-refractivity contribution is -0.130. The molecule has 0 unspecified atom stereocenters. The number of hydrogen-bond acceptors (Lipinski definition) is 6. The zero-order valence-corrected chi connectivity index (χ0v) is 18.5. The zero-order valence-electron chi connectivity index (χ0n) is 16.9. The van der Waals surface area contributed by atoms with Crippen LogP contribution in [0.3, 0.4) is 0 Å². The number of hydrogen-bond donors (Lipinski definition) is 2. The average molecular weight is 460 g/mol. The van der Waals surface area contributed by atoms with Gasteiger partial charge in [-0.15, -0.1) is 11.3 Å². The number of likely N-dealkylation sites (N-methyl/N-ethyl adjacent to an activating group) is 1. The summed E-state index contributed by atoms with van der Waals surface area (Å²) < 4.78 is 32.6. The Morgan fingerprint density at radius 3 is 2.19 bits per heavy atom. The lowest BCUT2D eigenvalue weighted by Crippen LogP contribution is -2.27. The first-order valence-corrected chi connectivity index (χ1v) is 11.5. The number of carbonyl (C=O) groups excluding carboxylic acids is 2. The number of benzene rings is 2. The molecule has 2 aromatic carbocycles. The number of ether oxygens (including phenoxy) is 1. The van der Waals surface area contributed by atoms with Crippen LogP contribution in [0.4, 0.5) is 11.4 Å². The first-order valence-electron chi connectivity index (χ1n) is 9.15. The quantitative estimate of drug-likeness (QED) is 0.538. The van der Waals surface area contributed by atoms with Crippen LogP contribution >= 0.6 is 11.3 Å². The van der Waals surface area contributed by atoms with Gasteiger partial charge in [0.2, 0.25) is 0 Å². The van der Waals surface area contributed by atoms with E-state index in [1.165, 1.54) is 35.2 Å². The first kappa shape index (κ1) is 22.3. The molecule has 0 radical (unpaired) electrons. The molecular weight excluding hydrogens is 438 g/mol. The van der Waals surface area contributed by atoms with E-state index in [9.17, 15) is 18.0 Å². The van der Waals surface area contributed by atoms with Crippen LogP contribution in [0.5, 0.6) is 5.75 Å². The molecule has 0 aliphatic carbocycles. The molecule has 2 N–H and O–H groups in total. The van der Waals surface area contributed by atoms with Crippen molar-refractivity contribution >= 4 is 44.5 Å². The summed E-state index contributed by atoms with van der Waals surface area (Å²) >= 11 is 1.12. The van der Waals surface area contributed by atoms with Crippen LogP contribution < -0.4 is 14.8 Å². The molecule has 1 aromatic heterocycles. The number of amides is 2. The van der Waals surface area contributed by atoms with Gasteiger partial charge in [0, 0.05) is 31.0 Å². The number of thiophene rings is 1. The van der Waals surface area contributed by atoms with E-state index in [1.54, 1.807) is 49.8 Å². The molecule has 0 bridgehead atoms. The Bertz CT molecular complexity index is 1140.